The molecule has 2 aromatic carbocycles. The Bertz CT molecular complexity index is 614. The van der Waals surface area contributed by atoms with Crippen LogP contribution in [0.25, 0.3) is 10.8 Å². The van der Waals surface area contributed by atoms with Crippen LogP contribution in [-0.4, -0.2) is 19.9 Å². The summed E-state index contributed by atoms with van der Waals surface area (Å²) in [6, 6.07) is 10.5. The Balaban J connectivity index is 2.34. The lowest BCUT2D eigenvalue weighted by atomic mass is 10.0. The minimum Gasteiger partial charge on any atom is -0.377 e. The number of carbonyl (C=O) groups excluding carboxylic acids is 1. The van der Waals surface area contributed by atoms with Gasteiger partial charge in [0.05, 0.1) is 0 Å². The maximum Gasteiger partial charge on any atom is 0.163 e. The molecule has 2 aromatic rings. The van der Waals surface area contributed by atoms with E-state index in [1.165, 1.54) is 22.0 Å². The van der Waals surface area contributed by atoms with Crippen LogP contribution in [0.5, 0.6) is 0 Å². The van der Waals surface area contributed by atoms with Gasteiger partial charge < -0.3 is 4.90 Å². The van der Waals surface area contributed by atoms with Crippen LogP contribution in [-0.2, 0) is 6.42 Å². The number of carbonyl (C=O) groups is 1. The van der Waals surface area contributed by atoms with Crippen molar-refractivity contribution < 1.29 is 4.79 Å². The van der Waals surface area contributed by atoms with Gasteiger partial charge >= 0.3 is 0 Å². The molecule has 1 aliphatic rings. The van der Waals surface area contributed by atoms with Crippen molar-refractivity contribution in [3.63, 3.8) is 0 Å². The molecule has 1 aliphatic carbocycles. The van der Waals surface area contributed by atoms with E-state index in [0.29, 0.717) is 6.42 Å². The van der Waals surface area contributed by atoms with Crippen molar-refractivity contribution in [2.75, 3.05) is 19.0 Å². The minimum absolute atomic E-state index is 0.287. The molecule has 2 heteroatoms. The smallest absolute Gasteiger partial charge is 0.163 e. The molecule has 0 aromatic heterocycles. The third-order valence-electron chi connectivity index (χ3n) is 3.48. The summed E-state index contributed by atoms with van der Waals surface area (Å²) < 4.78 is 0. The second-order valence-electron chi connectivity index (χ2n) is 4.83. The van der Waals surface area contributed by atoms with Gasteiger partial charge in [-0.15, -0.1) is 0 Å². The summed E-state index contributed by atoms with van der Waals surface area (Å²) in [5.41, 5.74) is 3.30. The lowest BCUT2D eigenvalue weighted by molar-refractivity contribution is 0.0994. The second-order valence-corrected chi connectivity index (χ2v) is 4.83. The molecule has 0 amide bonds. The van der Waals surface area contributed by atoms with E-state index in [2.05, 4.69) is 35.2 Å². The molecule has 0 unspecified atom stereocenters. The topological polar surface area (TPSA) is 20.3 Å². The number of ketones is 1. The molecule has 0 heterocycles. The number of anilines is 1. The molecular weight excluding hydrogens is 210 g/mol. The van der Waals surface area contributed by atoms with E-state index in [-0.39, 0.29) is 5.78 Å². The Morgan fingerprint density at radius 1 is 1.12 bits per heavy atom. The minimum atomic E-state index is 0.287. The largest absolute Gasteiger partial charge is 0.377 e. The molecule has 0 N–H and O–H groups in total. The highest BCUT2D eigenvalue weighted by Crippen LogP contribution is 2.32. The molecule has 0 bridgehead atoms. The maximum absolute atomic E-state index is 11.8. The Kier molecular flexibility index (Phi) is 2.18. The van der Waals surface area contributed by atoms with E-state index in [1.807, 2.05) is 14.1 Å². The molecule has 2 nitrogen and oxygen atoms in total. The summed E-state index contributed by atoms with van der Waals surface area (Å²) in [5, 5.41) is 2.40. The Hall–Kier alpha value is -1.83. The summed E-state index contributed by atoms with van der Waals surface area (Å²) in [6.07, 6.45) is 1.57. The number of hydrogen-bond donors (Lipinski definition) is 0. The predicted octanol–water partition coefficient (Wildman–Crippen LogP) is 3.03. The fraction of sp³-hybridized carbons (Fsp3) is 0.267. The average molecular weight is 225 g/mol. The molecular formula is C15H15NO. The van der Waals surface area contributed by atoms with E-state index in [0.717, 1.165) is 12.0 Å². The molecule has 86 valence electrons. The van der Waals surface area contributed by atoms with Gasteiger partial charge in [0.1, 0.15) is 0 Å². The highest BCUT2D eigenvalue weighted by atomic mass is 16.1. The van der Waals surface area contributed by atoms with Gasteiger partial charge in [-0.3, -0.25) is 4.79 Å². The first kappa shape index (κ1) is 10.3. The molecule has 0 aliphatic heterocycles. The average Bonchev–Trinajstić information content (AvgIpc) is 2.67. The molecule has 0 atom stereocenters. The van der Waals surface area contributed by atoms with Crippen molar-refractivity contribution in [1.29, 1.82) is 0 Å². The predicted molar refractivity (Wildman–Crippen MR) is 70.9 cm³/mol. The summed E-state index contributed by atoms with van der Waals surface area (Å²) in [4.78, 5) is 13.9. The zero-order valence-corrected chi connectivity index (χ0v) is 10.2. The standard InChI is InChI=1S/C15H15NO/c1-16(2)14-5-3-4-10-8-11-6-7-15(17)13(11)9-12(10)14/h3-5,8-9H,6-7H2,1-2H3. The highest BCUT2D eigenvalue weighted by Gasteiger charge is 2.20. The number of hydrogen-bond acceptors (Lipinski definition) is 2. The fourth-order valence-electron chi connectivity index (χ4n) is 2.60. The number of fused-ring (bicyclic) bond motifs is 2. The molecule has 0 saturated carbocycles. The van der Waals surface area contributed by atoms with Gasteiger partial charge in [0.15, 0.2) is 5.78 Å². The van der Waals surface area contributed by atoms with E-state index in [1.54, 1.807) is 0 Å². The zero-order valence-electron chi connectivity index (χ0n) is 10.2. The summed E-state index contributed by atoms with van der Waals surface area (Å²) in [7, 11) is 4.06. The number of benzene rings is 2. The number of rotatable bonds is 1. The lowest BCUT2D eigenvalue weighted by Gasteiger charge is -2.16. The Morgan fingerprint density at radius 2 is 1.94 bits per heavy atom. The van der Waals surface area contributed by atoms with Gasteiger partial charge in [0.25, 0.3) is 0 Å². The molecule has 17 heavy (non-hydrogen) atoms. The van der Waals surface area contributed by atoms with Crippen LogP contribution >= 0.6 is 0 Å². The fourth-order valence-corrected chi connectivity index (χ4v) is 2.60. The highest BCUT2D eigenvalue weighted by molar-refractivity contribution is 6.06. The van der Waals surface area contributed by atoms with Crippen LogP contribution in [0.2, 0.25) is 0 Å². The molecule has 0 fully saturated rings. The first-order valence-electron chi connectivity index (χ1n) is 5.93. The van der Waals surface area contributed by atoms with Gasteiger partial charge in [0.2, 0.25) is 0 Å². The van der Waals surface area contributed by atoms with Crippen LogP contribution in [0.3, 0.4) is 0 Å². The van der Waals surface area contributed by atoms with Crippen LogP contribution in [0.15, 0.2) is 30.3 Å². The Labute approximate surface area is 101 Å². The van der Waals surface area contributed by atoms with Crippen LogP contribution < -0.4 is 4.90 Å². The summed E-state index contributed by atoms with van der Waals surface area (Å²) >= 11 is 0. The van der Waals surface area contributed by atoms with Crippen molar-refractivity contribution in [2.24, 2.45) is 0 Å². The first-order chi connectivity index (χ1) is 8.16. The molecule has 3 rings (SSSR count). The lowest BCUT2D eigenvalue weighted by Crippen LogP contribution is -2.09. The van der Waals surface area contributed by atoms with Crippen molar-refractivity contribution in [3.05, 3.63) is 41.5 Å². The first-order valence-corrected chi connectivity index (χ1v) is 5.93. The van der Waals surface area contributed by atoms with Gasteiger partial charge in [-0.2, -0.15) is 0 Å². The van der Waals surface area contributed by atoms with Gasteiger partial charge in [-0.25, -0.2) is 0 Å². The number of Topliss-reactive ketones (excluding diaryl/α,β-unsaturated/α-hetero) is 1. The van der Waals surface area contributed by atoms with Crippen molar-refractivity contribution in [3.8, 4) is 0 Å². The molecule has 0 saturated heterocycles. The quantitative estimate of drug-likeness (QED) is 0.743. The second kappa shape index (κ2) is 3.59. The van der Waals surface area contributed by atoms with E-state index < -0.39 is 0 Å². The zero-order chi connectivity index (χ0) is 12.0. The maximum atomic E-state index is 11.8. The monoisotopic (exact) mass is 225 g/mol. The molecule has 0 radical (unpaired) electrons. The van der Waals surface area contributed by atoms with E-state index in [4.69, 9.17) is 0 Å². The third-order valence-corrected chi connectivity index (χ3v) is 3.48. The van der Waals surface area contributed by atoms with Gasteiger partial charge in [-0.05, 0) is 29.5 Å². The van der Waals surface area contributed by atoms with Gasteiger partial charge in [0, 0.05) is 37.2 Å². The number of aryl methyl sites for hydroxylation is 1. The summed E-state index contributed by atoms with van der Waals surface area (Å²) in [5.74, 6) is 0.287. The summed E-state index contributed by atoms with van der Waals surface area (Å²) in [6.45, 7) is 0. The van der Waals surface area contributed by atoms with Gasteiger partial charge in [-0.1, -0.05) is 18.2 Å². The Morgan fingerprint density at radius 3 is 2.71 bits per heavy atom. The normalized spacial score (nSPS) is 14.1. The SMILES string of the molecule is CN(C)c1cccc2cc3c(cc12)C(=O)CC3. The number of nitrogens with zero attached hydrogens (tertiary/aromatic N) is 1. The van der Waals surface area contributed by atoms with Crippen LogP contribution in [0.4, 0.5) is 5.69 Å². The third kappa shape index (κ3) is 1.52. The van der Waals surface area contributed by atoms with E-state index >= 15 is 0 Å². The van der Waals surface area contributed by atoms with Crippen LogP contribution in [0.1, 0.15) is 22.3 Å². The van der Waals surface area contributed by atoms with Crippen molar-refractivity contribution in [1.82, 2.24) is 0 Å². The molecule has 0 spiro atoms. The van der Waals surface area contributed by atoms with Crippen molar-refractivity contribution in [2.45, 2.75) is 12.8 Å². The van der Waals surface area contributed by atoms with Crippen LogP contribution in [0, 0.1) is 0 Å². The van der Waals surface area contributed by atoms with Crippen molar-refractivity contribution >= 4 is 22.2 Å². The van der Waals surface area contributed by atoms with E-state index in [9.17, 15) is 4.79 Å².